The molecule has 100 valence electrons. The fourth-order valence-electron chi connectivity index (χ4n) is 1.22. The molecule has 0 aromatic carbocycles. The van der Waals surface area contributed by atoms with Crippen molar-refractivity contribution in [1.29, 1.82) is 0 Å². The fourth-order valence-corrected chi connectivity index (χ4v) is 1.22. The Hall–Kier alpha value is -0.960. The number of allylic oxidation sites excluding steroid dienone is 4. The maximum absolute atomic E-state index is 5.77. The Morgan fingerprint density at radius 2 is 1.76 bits per heavy atom. The van der Waals surface area contributed by atoms with Crippen molar-refractivity contribution in [2.45, 2.75) is 40.2 Å². The Morgan fingerprint density at radius 3 is 2.24 bits per heavy atom. The van der Waals surface area contributed by atoms with Gasteiger partial charge in [0.1, 0.15) is 0 Å². The van der Waals surface area contributed by atoms with Gasteiger partial charge in [0.15, 0.2) is 0 Å². The van der Waals surface area contributed by atoms with Crippen LogP contribution in [0.2, 0.25) is 0 Å². The second-order valence-electron chi connectivity index (χ2n) is 4.90. The molecule has 0 saturated carbocycles. The summed E-state index contributed by atoms with van der Waals surface area (Å²) in [6.07, 6.45) is 5.00. The first-order chi connectivity index (χ1) is 7.88. The molecule has 0 aliphatic carbocycles. The zero-order valence-corrected chi connectivity index (χ0v) is 12.3. The van der Waals surface area contributed by atoms with Gasteiger partial charge in [0, 0.05) is 37.6 Å². The van der Waals surface area contributed by atoms with Gasteiger partial charge in [0.2, 0.25) is 0 Å². The molecule has 0 spiro atoms. The van der Waals surface area contributed by atoms with Crippen molar-refractivity contribution in [2.24, 2.45) is 5.73 Å². The van der Waals surface area contributed by atoms with Crippen LogP contribution in [0.5, 0.6) is 0 Å². The van der Waals surface area contributed by atoms with Crippen LogP contribution in [0.15, 0.2) is 23.5 Å². The first-order valence-corrected chi connectivity index (χ1v) is 6.42. The molecule has 0 aromatic rings. The van der Waals surface area contributed by atoms with Crippen molar-refractivity contribution in [3.05, 3.63) is 23.5 Å². The molecule has 0 rings (SSSR count). The predicted molar refractivity (Wildman–Crippen MR) is 76.7 cm³/mol. The Bertz CT molecular complexity index is 267. The normalized spacial score (nSPS) is 13.6. The largest absolute Gasteiger partial charge is 0.402 e. The first kappa shape index (κ1) is 16.0. The third kappa shape index (κ3) is 7.05. The highest BCUT2D eigenvalue weighted by Crippen LogP contribution is 2.03. The van der Waals surface area contributed by atoms with E-state index in [1.165, 1.54) is 5.70 Å². The lowest BCUT2D eigenvalue weighted by Crippen LogP contribution is -2.34. The van der Waals surface area contributed by atoms with E-state index in [2.05, 4.69) is 57.7 Å². The number of hydrogen-bond acceptors (Lipinski definition) is 3. The molecule has 3 nitrogen and oxygen atoms in total. The summed E-state index contributed by atoms with van der Waals surface area (Å²) in [4.78, 5) is 4.61. The molecule has 3 heteroatoms. The Balaban J connectivity index is 4.18. The van der Waals surface area contributed by atoms with E-state index >= 15 is 0 Å². The number of hydrogen-bond donors (Lipinski definition) is 1. The second kappa shape index (κ2) is 8.18. The number of rotatable bonds is 7. The third-order valence-corrected chi connectivity index (χ3v) is 3.22. The number of nitrogens with two attached hydrogens (primary N) is 1. The highest BCUT2D eigenvalue weighted by molar-refractivity contribution is 5.13. The lowest BCUT2D eigenvalue weighted by atomic mass is 10.3. The van der Waals surface area contributed by atoms with Crippen LogP contribution in [0.4, 0.5) is 0 Å². The van der Waals surface area contributed by atoms with Gasteiger partial charge < -0.3 is 15.5 Å². The summed E-state index contributed by atoms with van der Waals surface area (Å²) < 4.78 is 0. The molecule has 17 heavy (non-hydrogen) atoms. The van der Waals surface area contributed by atoms with Crippen LogP contribution in [-0.4, -0.2) is 43.0 Å². The number of nitrogens with zero attached hydrogens (tertiary/aromatic N) is 2. The molecule has 0 heterocycles. The molecule has 0 aromatic heterocycles. The molecular formula is C14H29N3. The predicted octanol–water partition coefficient (Wildman–Crippen LogP) is 2.41. The van der Waals surface area contributed by atoms with E-state index in [1.54, 1.807) is 0 Å². The van der Waals surface area contributed by atoms with Gasteiger partial charge >= 0.3 is 0 Å². The molecule has 0 atom stereocenters. The van der Waals surface area contributed by atoms with Crippen LogP contribution in [0.1, 0.15) is 34.1 Å². The summed E-state index contributed by atoms with van der Waals surface area (Å²) in [5, 5.41) is 0. The Morgan fingerprint density at radius 1 is 1.18 bits per heavy atom. The molecule has 2 N–H and O–H groups in total. The molecule has 0 unspecified atom stereocenters. The van der Waals surface area contributed by atoms with Gasteiger partial charge in [-0.15, -0.1) is 0 Å². The minimum absolute atomic E-state index is 0.600. The summed E-state index contributed by atoms with van der Waals surface area (Å²) in [7, 11) is 4.28. The molecule has 0 fully saturated rings. The summed E-state index contributed by atoms with van der Waals surface area (Å²) in [6.45, 7) is 10.7. The summed E-state index contributed by atoms with van der Waals surface area (Å²) in [5.41, 5.74) is 7.95. The van der Waals surface area contributed by atoms with E-state index in [1.807, 2.05) is 6.08 Å². The van der Waals surface area contributed by atoms with Gasteiger partial charge in [0.05, 0.1) is 0 Å². The van der Waals surface area contributed by atoms with E-state index in [-0.39, 0.29) is 0 Å². The average molecular weight is 239 g/mol. The van der Waals surface area contributed by atoms with Gasteiger partial charge in [-0.3, -0.25) is 0 Å². The van der Waals surface area contributed by atoms with Crippen LogP contribution in [0.3, 0.4) is 0 Å². The van der Waals surface area contributed by atoms with E-state index in [4.69, 9.17) is 5.73 Å². The topological polar surface area (TPSA) is 32.5 Å². The minimum atomic E-state index is 0.600. The molecule has 0 aliphatic heterocycles. The lowest BCUT2D eigenvalue weighted by Gasteiger charge is -2.26. The van der Waals surface area contributed by atoms with Crippen LogP contribution in [-0.2, 0) is 0 Å². The van der Waals surface area contributed by atoms with E-state index in [0.717, 1.165) is 25.2 Å². The van der Waals surface area contributed by atoms with E-state index in [9.17, 15) is 0 Å². The van der Waals surface area contributed by atoms with Gasteiger partial charge in [-0.2, -0.15) is 0 Å². The molecule has 0 saturated heterocycles. The zero-order valence-electron chi connectivity index (χ0n) is 12.3. The van der Waals surface area contributed by atoms with E-state index in [0.29, 0.717) is 6.04 Å². The maximum Gasteiger partial charge on any atom is 0.0299 e. The molecule has 0 radical (unpaired) electrons. The van der Waals surface area contributed by atoms with Crippen LogP contribution in [0, 0.1) is 0 Å². The van der Waals surface area contributed by atoms with Crippen LogP contribution in [0.25, 0.3) is 0 Å². The molecule has 0 aliphatic rings. The van der Waals surface area contributed by atoms with Crippen molar-refractivity contribution < 1.29 is 0 Å². The lowest BCUT2D eigenvalue weighted by molar-refractivity contribution is 0.243. The SMILES string of the molecule is CC/C(N)=C\C=C(/C)N(C)CCN(C)C(C)C. The quantitative estimate of drug-likeness (QED) is 0.693. The van der Waals surface area contributed by atoms with Gasteiger partial charge in [0.25, 0.3) is 0 Å². The average Bonchev–Trinajstić information content (AvgIpc) is 2.31. The maximum atomic E-state index is 5.77. The Kier molecular flexibility index (Phi) is 7.72. The van der Waals surface area contributed by atoms with E-state index < -0.39 is 0 Å². The van der Waals surface area contributed by atoms with Crippen molar-refractivity contribution in [3.8, 4) is 0 Å². The monoisotopic (exact) mass is 239 g/mol. The smallest absolute Gasteiger partial charge is 0.0299 e. The Labute approximate surface area is 107 Å². The third-order valence-electron chi connectivity index (χ3n) is 3.22. The standard InChI is InChI=1S/C14H29N3/c1-7-14(15)9-8-13(4)17(6)11-10-16(5)12(2)3/h8-9,12H,7,10-11,15H2,1-6H3/b13-8+,14-9+. The highest BCUT2D eigenvalue weighted by atomic mass is 15.2. The van der Waals surface area contributed by atoms with Gasteiger partial charge in [-0.05, 0) is 46.4 Å². The fraction of sp³-hybridized carbons (Fsp3) is 0.714. The minimum Gasteiger partial charge on any atom is -0.402 e. The molecular weight excluding hydrogens is 210 g/mol. The molecule has 0 bridgehead atoms. The van der Waals surface area contributed by atoms with Crippen LogP contribution < -0.4 is 5.73 Å². The van der Waals surface area contributed by atoms with Gasteiger partial charge in [-0.25, -0.2) is 0 Å². The number of likely N-dealkylation sites (N-methyl/N-ethyl adjacent to an activating group) is 2. The zero-order chi connectivity index (χ0) is 13.4. The summed E-state index contributed by atoms with van der Waals surface area (Å²) >= 11 is 0. The van der Waals surface area contributed by atoms with Crippen LogP contribution >= 0.6 is 0 Å². The summed E-state index contributed by atoms with van der Waals surface area (Å²) in [6, 6.07) is 0.600. The first-order valence-electron chi connectivity index (χ1n) is 6.42. The highest BCUT2D eigenvalue weighted by Gasteiger charge is 2.04. The second-order valence-corrected chi connectivity index (χ2v) is 4.90. The van der Waals surface area contributed by atoms with Crippen molar-refractivity contribution in [1.82, 2.24) is 9.80 Å². The van der Waals surface area contributed by atoms with Gasteiger partial charge in [-0.1, -0.05) is 6.92 Å². The molecule has 0 amide bonds. The van der Waals surface area contributed by atoms with Crippen molar-refractivity contribution >= 4 is 0 Å². The van der Waals surface area contributed by atoms with Crippen molar-refractivity contribution in [2.75, 3.05) is 27.2 Å². The van der Waals surface area contributed by atoms with Crippen molar-refractivity contribution in [3.63, 3.8) is 0 Å². The summed E-state index contributed by atoms with van der Waals surface area (Å²) in [5.74, 6) is 0.